The first-order chi connectivity index (χ1) is 10.7. The summed E-state index contributed by atoms with van der Waals surface area (Å²) < 4.78 is 16.1. The molecule has 5 nitrogen and oxygen atoms in total. The quantitative estimate of drug-likeness (QED) is 0.672. The normalized spacial score (nSPS) is 11.4. The molecule has 0 aliphatic carbocycles. The standard InChI is InChI=1S/C17H19ClO5/c1-17(2,3)16(20)23-13-10-7-6-9(18)8-11(10)12(19)14(21-4)15(13)22-5/h6-8,19H,1-5H3. The highest BCUT2D eigenvalue weighted by Crippen LogP contribution is 2.51. The topological polar surface area (TPSA) is 65.0 Å². The van der Waals surface area contributed by atoms with Crippen molar-refractivity contribution in [2.45, 2.75) is 20.8 Å². The minimum Gasteiger partial charge on any atom is -0.504 e. The van der Waals surface area contributed by atoms with Crippen molar-refractivity contribution in [1.82, 2.24) is 0 Å². The Hall–Kier alpha value is -2.14. The van der Waals surface area contributed by atoms with E-state index < -0.39 is 11.4 Å². The van der Waals surface area contributed by atoms with Crippen molar-refractivity contribution >= 4 is 28.3 Å². The summed E-state index contributed by atoms with van der Waals surface area (Å²) in [6.07, 6.45) is 0. The second kappa shape index (κ2) is 6.16. The highest BCUT2D eigenvalue weighted by atomic mass is 35.5. The maximum absolute atomic E-state index is 12.3. The van der Waals surface area contributed by atoms with Crippen LogP contribution >= 0.6 is 11.6 Å². The average molecular weight is 339 g/mol. The van der Waals surface area contributed by atoms with E-state index in [0.717, 1.165) is 0 Å². The van der Waals surface area contributed by atoms with Crippen LogP contribution in [0.1, 0.15) is 20.8 Å². The molecule has 0 aliphatic heterocycles. The zero-order chi connectivity index (χ0) is 17.4. The van der Waals surface area contributed by atoms with Crippen LogP contribution in [0.2, 0.25) is 5.02 Å². The molecule has 0 saturated carbocycles. The fourth-order valence-corrected chi connectivity index (χ4v) is 2.26. The van der Waals surface area contributed by atoms with Crippen LogP contribution in [-0.4, -0.2) is 25.3 Å². The zero-order valence-electron chi connectivity index (χ0n) is 13.7. The first-order valence-electron chi connectivity index (χ1n) is 6.99. The van der Waals surface area contributed by atoms with Gasteiger partial charge in [0.1, 0.15) is 0 Å². The number of halogens is 1. The molecule has 0 fully saturated rings. The van der Waals surface area contributed by atoms with E-state index in [2.05, 4.69) is 0 Å². The minimum absolute atomic E-state index is 0.0824. The van der Waals surface area contributed by atoms with Gasteiger partial charge in [0, 0.05) is 15.8 Å². The number of hydrogen-bond donors (Lipinski definition) is 1. The van der Waals surface area contributed by atoms with Gasteiger partial charge in [0.05, 0.1) is 19.6 Å². The van der Waals surface area contributed by atoms with Crippen LogP contribution in [0.25, 0.3) is 10.8 Å². The number of ether oxygens (including phenoxy) is 3. The number of carbonyl (C=O) groups excluding carboxylic acids is 1. The highest BCUT2D eigenvalue weighted by molar-refractivity contribution is 6.31. The average Bonchev–Trinajstić information content (AvgIpc) is 2.48. The van der Waals surface area contributed by atoms with Crippen LogP contribution in [0.15, 0.2) is 18.2 Å². The molecule has 0 radical (unpaired) electrons. The maximum atomic E-state index is 12.3. The number of hydrogen-bond acceptors (Lipinski definition) is 5. The van der Waals surface area contributed by atoms with Crippen molar-refractivity contribution in [3.63, 3.8) is 0 Å². The second-order valence-electron chi connectivity index (χ2n) is 6.07. The Labute approximate surface area is 139 Å². The fourth-order valence-electron chi connectivity index (χ4n) is 2.09. The highest BCUT2D eigenvalue weighted by Gasteiger charge is 2.29. The van der Waals surface area contributed by atoms with Crippen molar-refractivity contribution in [3.05, 3.63) is 23.2 Å². The molecular formula is C17H19ClO5. The van der Waals surface area contributed by atoms with Crippen molar-refractivity contribution in [2.75, 3.05) is 14.2 Å². The van der Waals surface area contributed by atoms with Crippen LogP contribution in [-0.2, 0) is 4.79 Å². The molecule has 0 spiro atoms. The van der Waals surface area contributed by atoms with Gasteiger partial charge in [0.2, 0.25) is 11.5 Å². The molecule has 0 aromatic heterocycles. The number of benzene rings is 2. The Morgan fingerprint density at radius 2 is 1.65 bits per heavy atom. The number of phenolic OH excluding ortho intramolecular Hbond substituents is 1. The third-order valence-corrected chi connectivity index (χ3v) is 3.56. The predicted molar refractivity (Wildman–Crippen MR) is 88.8 cm³/mol. The third-order valence-electron chi connectivity index (χ3n) is 3.32. The summed E-state index contributed by atoms with van der Waals surface area (Å²) >= 11 is 6.00. The Balaban J connectivity index is 2.79. The summed E-state index contributed by atoms with van der Waals surface area (Å²) in [6.45, 7) is 5.25. The number of esters is 1. The van der Waals surface area contributed by atoms with Crippen LogP contribution in [0.5, 0.6) is 23.0 Å². The molecule has 23 heavy (non-hydrogen) atoms. The van der Waals surface area contributed by atoms with Gasteiger partial charge in [-0.3, -0.25) is 4.79 Å². The molecule has 2 aromatic carbocycles. The molecular weight excluding hydrogens is 320 g/mol. The van der Waals surface area contributed by atoms with Crippen molar-refractivity contribution in [2.24, 2.45) is 5.41 Å². The van der Waals surface area contributed by atoms with Crippen molar-refractivity contribution < 1.29 is 24.1 Å². The largest absolute Gasteiger partial charge is 0.504 e. The summed E-state index contributed by atoms with van der Waals surface area (Å²) in [5.74, 6) is -0.137. The number of rotatable bonds is 3. The second-order valence-corrected chi connectivity index (χ2v) is 6.51. The molecule has 124 valence electrons. The van der Waals surface area contributed by atoms with Gasteiger partial charge in [0.25, 0.3) is 0 Å². The number of fused-ring (bicyclic) bond motifs is 1. The summed E-state index contributed by atoms with van der Waals surface area (Å²) in [4.78, 5) is 12.3. The summed E-state index contributed by atoms with van der Waals surface area (Å²) in [6, 6.07) is 4.87. The van der Waals surface area contributed by atoms with Crippen molar-refractivity contribution in [3.8, 4) is 23.0 Å². The lowest BCUT2D eigenvalue weighted by molar-refractivity contribution is -0.143. The van der Waals surface area contributed by atoms with Gasteiger partial charge in [-0.15, -0.1) is 0 Å². The van der Waals surface area contributed by atoms with Gasteiger partial charge in [-0.2, -0.15) is 0 Å². The van der Waals surface area contributed by atoms with Gasteiger partial charge in [0.15, 0.2) is 11.5 Å². The number of aromatic hydroxyl groups is 1. The van der Waals surface area contributed by atoms with E-state index in [-0.39, 0.29) is 23.0 Å². The smallest absolute Gasteiger partial charge is 0.316 e. The number of carbonyl (C=O) groups is 1. The predicted octanol–water partition coefficient (Wildman–Crippen LogP) is 4.17. The fraction of sp³-hybridized carbons (Fsp3) is 0.353. The zero-order valence-corrected chi connectivity index (χ0v) is 14.4. The first-order valence-corrected chi connectivity index (χ1v) is 7.37. The van der Waals surface area contributed by atoms with E-state index in [1.165, 1.54) is 14.2 Å². The molecule has 2 aromatic rings. The van der Waals surface area contributed by atoms with Gasteiger partial charge in [-0.1, -0.05) is 11.6 Å². The maximum Gasteiger partial charge on any atom is 0.316 e. The molecule has 0 amide bonds. The lowest BCUT2D eigenvalue weighted by Crippen LogP contribution is -2.25. The molecule has 0 heterocycles. The summed E-state index contributed by atoms with van der Waals surface area (Å²) in [5, 5.41) is 11.7. The Kier molecular flexibility index (Phi) is 4.61. The molecule has 0 aliphatic rings. The van der Waals surface area contributed by atoms with Gasteiger partial charge >= 0.3 is 5.97 Å². The monoisotopic (exact) mass is 338 g/mol. The van der Waals surface area contributed by atoms with E-state index in [4.69, 9.17) is 25.8 Å². The van der Waals surface area contributed by atoms with Gasteiger partial charge in [-0.05, 0) is 39.0 Å². The number of methoxy groups -OCH3 is 2. The van der Waals surface area contributed by atoms with E-state index in [0.29, 0.717) is 15.8 Å². The van der Waals surface area contributed by atoms with E-state index >= 15 is 0 Å². The Morgan fingerprint density at radius 1 is 1.04 bits per heavy atom. The molecule has 0 atom stereocenters. The van der Waals surface area contributed by atoms with Crippen molar-refractivity contribution in [1.29, 1.82) is 0 Å². The summed E-state index contributed by atoms with van der Waals surface area (Å²) in [7, 11) is 2.80. The molecule has 1 N–H and O–H groups in total. The molecule has 0 bridgehead atoms. The van der Waals surface area contributed by atoms with Crippen LogP contribution in [0.3, 0.4) is 0 Å². The van der Waals surface area contributed by atoms with E-state index in [1.807, 2.05) is 0 Å². The van der Waals surface area contributed by atoms with Crippen LogP contribution in [0, 0.1) is 5.41 Å². The molecule has 0 unspecified atom stereocenters. The summed E-state index contributed by atoms with van der Waals surface area (Å²) in [5.41, 5.74) is -0.700. The lowest BCUT2D eigenvalue weighted by Gasteiger charge is -2.21. The molecule has 6 heteroatoms. The lowest BCUT2D eigenvalue weighted by atomic mass is 9.97. The van der Waals surface area contributed by atoms with Gasteiger partial charge < -0.3 is 19.3 Å². The molecule has 0 saturated heterocycles. The Morgan fingerprint density at radius 3 is 2.17 bits per heavy atom. The SMILES string of the molecule is COc1c(OC)c(OC(=O)C(C)(C)C)c2ccc(Cl)cc2c1O. The number of phenols is 1. The van der Waals surface area contributed by atoms with E-state index in [1.54, 1.807) is 39.0 Å². The van der Waals surface area contributed by atoms with Crippen LogP contribution < -0.4 is 14.2 Å². The van der Waals surface area contributed by atoms with Crippen LogP contribution in [0.4, 0.5) is 0 Å². The van der Waals surface area contributed by atoms with Gasteiger partial charge in [-0.25, -0.2) is 0 Å². The van der Waals surface area contributed by atoms with E-state index in [9.17, 15) is 9.90 Å². The Bertz CT molecular complexity index is 762. The first kappa shape index (κ1) is 17.2. The third kappa shape index (κ3) is 3.15. The molecule has 2 rings (SSSR count). The minimum atomic E-state index is -0.700.